The molecule has 6 fully saturated rings. The van der Waals surface area contributed by atoms with Crippen LogP contribution in [0.2, 0.25) is 5.02 Å². The predicted octanol–water partition coefficient (Wildman–Crippen LogP) is 5.04. The van der Waals surface area contributed by atoms with Crippen molar-refractivity contribution in [1.82, 2.24) is 30.0 Å². The molecule has 0 radical (unpaired) electrons. The van der Waals surface area contributed by atoms with Crippen LogP contribution < -0.4 is 25.6 Å². The number of carbonyl (C=O) groups excluding carboxylic acids is 5. The minimum atomic E-state index is -1.11. The van der Waals surface area contributed by atoms with Gasteiger partial charge in [0.1, 0.15) is 41.7 Å². The summed E-state index contributed by atoms with van der Waals surface area (Å²) in [5.41, 5.74) is 1.85. The Labute approximate surface area is 377 Å². The Hall–Kier alpha value is -6.08. The summed E-state index contributed by atoms with van der Waals surface area (Å²) in [5.74, 6) is -2.59. The van der Waals surface area contributed by atoms with Crippen LogP contribution in [0.25, 0.3) is 10.9 Å². The molecule has 3 aromatic carbocycles. The zero-order valence-corrected chi connectivity index (χ0v) is 36.0. The Morgan fingerprint density at radius 1 is 0.938 bits per heavy atom. The van der Waals surface area contributed by atoms with Crippen LogP contribution in [-0.2, 0) is 19.1 Å². The maximum absolute atomic E-state index is 15.7. The van der Waals surface area contributed by atoms with E-state index in [-0.39, 0.29) is 53.1 Å². The lowest BCUT2D eigenvalue weighted by molar-refractivity contribution is -0.136. The molecule has 16 nitrogen and oxygen atoms in total. The summed E-state index contributed by atoms with van der Waals surface area (Å²) in [4.78, 5) is 80.6. The molecule has 3 N–H and O–H groups in total. The van der Waals surface area contributed by atoms with E-state index < -0.39 is 41.3 Å². The first-order valence-electron chi connectivity index (χ1n) is 22.0. The second-order valence-corrected chi connectivity index (χ2v) is 18.0. The number of imide groups is 2. The topological polar surface area (TPSA) is 179 Å². The van der Waals surface area contributed by atoms with Gasteiger partial charge >= 0.3 is 0 Å². The van der Waals surface area contributed by atoms with Crippen molar-refractivity contribution in [3.05, 3.63) is 88.7 Å². The number of halogens is 3. The van der Waals surface area contributed by atoms with Crippen molar-refractivity contribution in [1.29, 1.82) is 0 Å². The van der Waals surface area contributed by atoms with Crippen molar-refractivity contribution in [3.63, 3.8) is 0 Å². The number of amides is 5. The lowest BCUT2D eigenvalue weighted by Crippen LogP contribution is -2.69. The number of piperazine rings is 1. The maximum atomic E-state index is 15.7. The number of hydrogen-bond donors (Lipinski definition) is 3. The fraction of sp³-hybridized carbons (Fsp3) is 0.413. The Kier molecular flexibility index (Phi) is 11.7. The first-order chi connectivity index (χ1) is 31.4. The summed E-state index contributed by atoms with van der Waals surface area (Å²) in [6, 6.07) is 9.39. The van der Waals surface area contributed by atoms with Gasteiger partial charge in [-0.1, -0.05) is 17.7 Å². The minimum Gasteiger partial charge on any atom is -0.486 e. The summed E-state index contributed by atoms with van der Waals surface area (Å²) >= 11 is 6.02. The molecule has 65 heavy (non-hydrogen) atoms. The van der Waals surface area contributed by atoms with E-state index in [9.17, 15) is 28.4 Å². The summed E-state index contributed by atoms with van der Waals surface area (Å²) in [5, 5.41) is 8.91. The monoisotopic (exact) mass is 909 g/mol. The average molecular weight is 910 g/mol. The smallest absolute Gasteiger partial charge is 0.262 e. The number of piperidine rings is 3. The van der Waals surface area contributed by atoms with E-state index in [4.69, 9.17) is 21.1 Å². The highest BCUT2D eigenvalue weighted by Crippen LogP contribution is 2.42. The van der Waals surface area contributed by atoms with Gasteiger partial charge in [0.25, 0.3) is 11.8 Å². The third kappa shape index (κ3) is 8.62. The molecule has 7 aliphatic heterocycles. The average Bonchev–Trinajstić information content (AvgIpc) is 3.88. The predicted molar refractivity (Wildman–Crippen MR) is 235 cm³/mol. The van der Waals surface area contributed by atoms with E-state index in [0.29, 0.717) is 71.6 Å². The molecule has 0 saturated carbocycles. The molecule has 7 aliphatic rings. The van der Waals surface area contributed by atoms with Gasteiger partial charge in [0.05, 0.1) is 46.3 Å². The Morgan fingerprint density at radius 3 is 2.46 bits per heavy atom. The van der Waals surface area contributed by atoms with Crippen molar-refractivity contribution < 1.29 is 42.2 Å². The summed E-state index contributed by atoms with van der Waals surface area (Å²) in [6.45, 7) is 5.83. The first kappa shape index (κ1) is 42.8. The van der Waals surface area contributed by atoms with Gasteiger partial charge in [0.15, 0.2) is 0 Å². The molecule has 19 heteroatoms. The van der Waals surface area contributed by atoms with Crippen LogP contribution in [0.15, 0.2) is 60.9 Å². The molecule has 6 saturated heterocycles. The number of rotatable bonds is 12. The molecular formula is C46H46ClF2N9O7. The normalized spacial score (nSPS) is 23.9. The third-order valence-corrected chi connectivity index (χ3v) is 13.6. The maximum Gasteiger partial charge on any atom is 0.262 e. The quantitative estimate of drug-likeness (QED) is 0.127. The van der Waals surface area contributed by atoms with Crippen LogP contribution in [0.1, 0.15) is 59.2 Å². The lowest BCUT2D eigenvalue weighted by atomic mass is 9.85. The molecule has 0 aliphatic carbocycles. The number of benzene rings is 3. The number of nitrogens with one attached hydrogen (secondary N) is 3. The van der Waals surface area contributed by atoms with Crippen molar-refractivity contribution in [2.24, 2.45) is 5.92 Å². The molecular weight excluding hydrogens is 864 g/mol. The number of ether oxygens (including phenoxy) is 2. The van der Waals surface area contributed by atoms with Crippen LogP contribution in [0, 0.1) is 17.6 Å². The van der Waals surface area contributed by atoms with Gasteiger partial charge < -0.3 is 25.0 Å². The van der Waals surface area contributed by atoms with Crippen LogP contribution in [0.3, 0.4) is 0 Å². The fourth-order valence-electron chi connectivity index (χ4n) is 9.99. The zero-order valence-electron chi connectivity index (χ0n) is 35.2. The second-order valence-electron chi connectivity index (χ2n) is 17.5. The number of likely N-dealkylation sites (tertiary alicyclic amines) is 1. The molecule has 1 aromatic heterocycles. The Bertz CT molecular complexity index is 2630. The zero-order chi connectivity index (χ0) is 44.9. The second kappa shape index (κ2) is 17.7. The molecule has 4 atom stereocenters. The van der Waals surface area contributed by atoms with Gasteiger partial charge in [-0.15, -0.1) is 0 Å². The minimum absolute atomic E-state index is 0.00928. The molecule has 5 amide bonds. The number of hydrogen-bond acceptors (Lipinski definition) is 13. The molecule has 8 heterocycles. The standard InChI is InChI=1S/C46H46ClF2N9O7/c47-33-14-26(3-4-34(33)48)52-43-32-17-37(40(19-36(32)50-24-51-43)65-29-9-13-64-23-29)53-41(59)2-1-10-55-11-7-25(8-12-55)20-56-21-27-15-28(22-56)57(27)39-18-31-30(16-35(39)49)45(62)58(46(31)63)38-5-6-42(60)54-44(38)61/h1-4,14,16-19,24-25,27-29,38H,5-13,15,20-23H2,(H,53,59)(H,50,51,52)(H,54,60,61)/b2-1+. The number of anilines is 4. The van der Waals surface area contributed by atoms with Gasteiger partial charge in [-0.25, -0.2) is 18.7 Å². The highest BCUT2D eigenvalue weighted by Gasteiger charge is 2.49. The van der Waals surface area contributed by atoms with Crippen LogP contribution in [0.5, 0.6) is 5.75 Å². The van der Waals surface area contributed by atoms with Gasteiger partial charge in [-0.3, -0.25) is 44.0 Å². The van der Waals surface area contributed by atoms with E-state index >= 15 is 4.39 Å². The third-order valence-electron chi connectivity index (χ3n) is 13.3. The number of nitrogens with zero attached hydrogens (tertiary/aromatic N) is 6. The van der Waals surface area contributed by atoms with Gasteiger partial charge in [-0.2, -0.15) is 0 Å². The van der Waals surface area contributed by atoms with Gasteiger partial charge in [-0.05, 0) is 81.1 Å². The molecule has 0 spiro atoms. The first-order valence-corrected chi connectivity index (χ1v) is 22.3. The van der Waals surface area contributed by atoms with Crippen LogP contribution in [0.4, 0.5) is 31.7 Å². The van der Waals surface area contributed by atoms with E-state index in [2.05, 4.69) is 35.7 Å². The van der Waals surface area contributed by atoms with E-state index in [1.54, 1.807) is 18.2 Å². The van der Waals surface area contributed by atoms with E-state index in [0.717, 1.165) is 63.0 Å². The van der Waals surface area contributed by atoms with Crippen LogP contribution in [-0.4, -0.2) is 131 Å². The van der Waals surface area contributed by atoms with Crippen molar-refractivity contribution in [2.75, 3.05) is 68.0 Å². The Balaban J connectivity index is 0.721. The highest BCUT2D eigenvalue weighted by molar-refractivity contribution is 6.31. The van der Waals surface area contributed by atoms with Crippen molar-refractivity contribution in [3.8, 4) is 5.75 Å². The molecule has 4 unspecified atom stereocenters. The Morgan fingerprint density at radius 2 is 1.72 bits per heavy atom. The van der Waals surface area contributed by atoms with Crippen molar-refractivity contribution in [2.45, 2.75) is 62.8 Å². The lowest BCUT2D eigenvalue weighted by Gasteiger charge is -2.58. The van der Waals surface area contributed by atoms with Crippen molar-refractivity contribution >= 4 is 74.9 Å². The molecule has 11 rings (SSSR count). The largest absolute Gasteiger partial charge is 0.486 e. The summed E-state index contributed by atoms with van der Waals surface area (Å²) < 4.78 is 41.3. The number of carbonyl (C=O) groups is 5. The molecule has 2 bridgehead atoms. The molecule has 4 aromatic rings. The van der Waals surface area contributed by atoms with E-state index in [1.165, 1.54) is 30.6 Å². The van der Waals surface area contributed by atoms with Gasteiger partial charge in [0, 0.05) is 74.3 Å². The fourth-order valence-corrected chi connectivity index (χ4v) is 10.2. The highest BCUT2D eigenvalue weighted by atomic mass is 35.5. The summed E-state index contributed by atoms with van der Waals surface area (Å²) in [7, 11) is 0. The summed E-state index contributed by atoms with van der Waals surface area (Å²) in [6.07, 6.45) is 8.28. The molecule has 338 valence electrons. The van der Waals surface area contributed by atoms with Gasteiger partial charge in [0.2, 0.25) is 17.7 Å². The number of fused-ring (bicyclic) bond motifs is 4. The number of aromatic nitrogens is 2. The SMILES string of the molecule is O=C(/C=C/CN1CCC(CN2CC3CC(C2)N3c2cc3c(cc2F)C(=O)N(C2CCC(=O)NC2=O)C3=O)CC1)Nc1cc2c(Nc3ccc(F)c(Cl)c3)ncnc2cc1OC1CCOC1. The van der Waals surface area contributed by atoms with Crippen LogP contribution >= 0.6 is 11.6 Å². The van der Waals surface area contributed by atoms with E-state index in [1.807, 2.05) is 11.0 Å².